The Kier molecular flexibility index (Phi) is 7.14. The van der Waals surface area contributed by atoms with Gasteiger partial charge in [0, 0.05) is 23.7 Å². The molecule has 1 amide bonds. The Morgan fingerprint density at radius 2 is 1.91 bits per heavy atom. The Hall–Kier alpha value is -2.72. The first-order chi connectivity index (χ1) is 15.8. The van der Waals surface area contributed by atoms with Crippen molar-refractivity contribution in [2.75, 3.05) is 29.1 Å². The van der Waals surface area contributed by atoms with E-state index in [0.29, 0.717) is 16.3 Å². The summed E-state index contributed by atoms with van der Waals surface area (Å²) in [7, 11) is 0. The van der Waals surface area contributed by atoms with Gasteiger partial charge in [-0.15, -0.1) is 10.2 Å². The molecule has 1 aromatic heterocycles. The average Bonchev–Trinajstić information content (AvgIpc) is 3.27. The molecule has 3 aromatic rings. The number of nitrogens with one attached hydrogen (secondary N) is 1. The van der Waals surface area contributed by atoms with Gasteiger partial charge in [0.15, 0.2) is 0 Å². The molecule has 1 fully saturated rings. The topological polar surface area (TPSA) is 71.3 Å². The molecule has 33 heavy (non-hydrogen) atoms. The molecule has 4 rings (SSSR count). The van der Waals surface area contributed by atoms with E-state index >= 15 is 0 Å². The number of aromatic nitrogens is 2. The third-order valence-electron chi connectivity index (χ3n) is 5.10. The van der Waals surface area contributed by atoms with E-state index in [0.717, 1.165) is 56.2 Å². The molecular formula is C22H20ClF3N4O2S. The number of carbonyl (C=O) groups excluding carboxylic acids is 1. The number of nitrogens with zero attached hydrogens (tertiary/aromatic N) is 3. The van der Waals surface area contributed by atoms with Gasteiger partial charge in [-0.1, -0.05) is 29.4 Å². The van der Waals surface area contributed by atoms with Crippen molar-refractivity contribution >= 4 is 40.6 Å². The Bertz CT molecular complexity index is 1130. The van der Waals surface area contributed by atoms with Gasteiger partial charge >= 0.3 is 6.18 Å². The monoisotopic (exact) mass is 496 g/mol. The number of rotatable bonds is 6. The minimum atomic E-state index is -4.50. The second-order valence-corrected chi connectivity index (χ2v) is 8.86. The lowest BCUT2D eigenvalue weighted by Gasteiger charge is -2.31. The van der Waals surface area contributed by atoms with Crippen molar-refractivity contribution in [2.45, 2.75) is 30.7 Å². The standard InChI is InChI=1S/C22H20ClF3N4O2S/c23-16-6-4-5-14(11-16)20-28-29-21(32-20)33-13-19(31)27-17-12-15(22(24,25)26)7-8-18(17)30-9-2-1-3-10-30/h4-8,11-12H,1-3,9-10,13H2,(H,27,31). The molecule has 0 saturated carbocycles. The lowest BCUT2D eigenvalue weighted by atomic mass is 10.1. The number of anilines is 2. The van der Waals surface area contributed by atoms with Crippen molar-refractivity contribution in [2.24, 2.45) is 0 Å². The number of carbonyl (C=O) groups is 1. The molecule has 0 spiro atoms. The van der Waals surface area contributed by atoms with Gasteiger partial charge in [-0.2, -0.15) is 13.2 Å². The normalized spacial score (nSPS) is 14.4. The number of amides is 1. The molecule has 0 atom stereocenters. The molecule has 1 aliphatic rings. The third kappa shape index (κ3) is 6.00. The van der Waals surface area contributed by atoms with Gasteiger partial charge in [0.25, 0.3) is 5.22 Å². The molecule has 1 saturated heterocycles. The number of piperidine rings is 1. The van der Waals surface area contributed by atoms with Gasteiger partial charge in [0.2, 0.25) is 11.8 Å². The van der Waals surface area contributed by atoms with Gasteiger partial charge in [-0.25, -0.2) is 0 Å². The summed E-state index contributed by atoms with van der Waals surface area (Å²) in [5, 5.41) is 11.2. The maximum Gasteiger partial charge on any atom is 0.416 e. The van der Waals surface area contributed by atoms with Crippen molar-refractivity contribution in [3.63, 3.8) is 0 Å². The van der Waals surface area contributed by atoms with E-state index in [4.69, 9.17) is 16.0 Å². The van der Waals surface area contributed by atoms with Crippen molar-refractivity contribution in [3.05, 3.63) is 53.1 Å². The highest BCUT2D eigenvalue weighted by molar-refractivity contribution is 7.99. The molecular weight excluding hydrogens is 477 g/mol. The number of thioether (sulfide) groups is 1. The molecule has 1 aliphatic heterocycles. The van der Waals surface area contributed by atoms with Gasteiger partial charge in [0.1, 0.15) is 0 Å². The lowest BCUT2D eigenvalue weighted by molar-refractivity contribution is -0.137. The fourth-order valence-corrected chi connectivity index (χ4v) is 4.30. The summed E-state index contributed by atoms with van der Waals surface area (Å²) >= 11 is 6.97. The fraction of sp³-hybridized carbons (Fsp3) is 0.318. The smallest absolute Gasteiger partial charge is 0.411 e. The maximum absolute atomic E-state index is 13.2. The lowest BCUT2D eigenvalue weighted by Crippen LogP contribution is -2.30. The van der Waals surface area contributed by atoms with Crippen LogP contribution in [0.2, 0.25) is 5.02 Å². The number of hydrogen-bond donors (Lipinski definition) is 1. The van der Waals surface area contributed by atoms with Crippen LogP contribution in [0.4, 0.5) is 24.5 Å². The first-order valence-electron chi connectivity index (χ1n) is 10.3. The highest BCUT2D eigenvalue weighted by Crippen LogP contribution is 2.36. The summed E-state index contributed by atoms with van der Waals surface area (Å²) < 4.78 is 45.3. The van der Waals surface area contributed by atoms with Crippen molar-refractivity contribution in [1.82, 2.24) is 10.2 Å². The van der Waals surface area contributed by atoms with E-state index in [1.54, 1.807) is 24.3 Å². The Labute approximate surface area is 197 Å². The van der Waals surface area contributed by atoms with Crippen LogP contribution in [-0.4, -0.2) is 34.9 Å². The molecule has 0 bridgehead atoms. The predicted molar refractivity (Wildman–Crippen MR) is 122 cm³/mol. The van der Waals surface area contributed by atoms with Crippen molar-refractivity contribution < 1.29 is 22.4 Å². The molecule has 11 heteroatoms. The van der Waals surface area contributed by atoms with Gasteiger partial charge in [0.05, 0.1) is 22.7 Å². The predicted octanol–water partition coefficient (Wildman–Crippen LogP) is 6.13. The zero-order valence-electron chi connectivity index (χ0n) is 17.4. The summed E-state index contributed by atoms with van der Waals surface area (Å²) in [5.41, 5.74) is 0.556. The van der Waals surface area contributed by atoms with Crippen LogP contribution < -0.4 is 10.2 Å². The molecule has 0 unspecified atom stereocenters. The van der Waals surface area contributed by atoms with E-state index in [2.05, 4.69) is 15.5 Å². The summed E-state index contributed by atoms with van der Waals surface area (Å²) in [6.07, 6.45) is -1.52. The van der Waals surface area contributed by atoms with E-state index < -0.39 is 17.6 Å². The Morgan fingerprint density at radius 3 is 2.64 bits per heavy atom. The number of halogens is 4. The van der Waals surface area contributed by atoms with E-state index in [-0.39, 0.29) is 22.6 Å². The number of hydrogen-bond acceptors (Lipinski definition) is 6. The van der Waals surface area contributed by atoms with Gasteiger partial charge in [-0.3, -0.25) is 4.79 Å². The second kappa shape index (κ2) is 10.0. The SMILES string of the molecule is O=C(CSc1nnc(-c2cccc(Cl)c2)o1)Nc1cc(C(F)(F)F)ccc1N1CCCCC1. The van der Waals surface area contributed by atoms with Crippen LogP contribution in [0, 0.1) is 0 Å². The molecule has 2 aromatic carbocycles. The first-order valence-corrected chi connectivity index (χ1v) is 11.6. The molecule has 174 valence electrons. The largest absolute Gasteiger partial charge is 0.416 e. The quantitative estimate of drug-likeness (QED) is 0.414. The van der Waals surface area contributed by atoms with E-state index in [9.17, 15) is 18.0 Å². The molecule has 0 aliphatic carbocycles. The number of alkyl halides is 3. The van der Waals surface area contributed by atoms with Crippen LogP contribution in [0.25, 0.3) is 11.5 Å². The van der Waals surface area contributed by atoms with Crippen LogP contribution in [0.15, 0.2) is 52.1 Å². The molecule has 6 nitrogen and oxygen atoms in total. The van der Waals surface area contributed by atoms with Crippen LogP contribution in [0.1, 0.15) is 24.8 Å². The minimum Gasteiger partial charge on any atom is -0.411 e. The zero-order valence-corrected chi connectivity index (χ0v) is 18.9. The summed E-state index contributed by atoms with van der Waals surface area (Å²) in [6.45, 7) is 1.47. The minimum absolute atomic E-state index is 0.104. The van der Waals surface area contributed by atoms with Crippen LogP contribution in [0.3, 0.4) is 0 Å². The maximum atomic E-state index is 13.2. The van der Waals surface area contributed by atoms with Crippen molar-refractivity contribution in [1.29, 1.82) is 0 Å². The molecule has 0 radical (unpaired) electrons. The van der Waals surface area contributed by atoms with Gasteiger partial charge < -0.3 is 14.6 Å². The summed E-state index contributed by atoms with van der Waals surface area (Å²) in [6, 6.07) is 10.3. The van der Waals surface area contributed by atoms with E-state index in [1.165, 1.54) is 6.07 Å². The first kappa shape index (κ1) is 23.4. The average molecular weight is 497 g/mol. The summed E-state index contributed by atoms with van der Waals surface area (Å²) in [5.74, 6) is -0.321. The number of benzene rings is 2. The fourth-order valence-electron chi connectivity index (χ4n) is 3.54. The highest BCUT2D eigenvalue weighted by Gasteiger charge is 2.32. The summed E-state index contributed by atoms with van der Waals surface area (Å²) in [4.78, 5) is 14.6. The highest BCUT2D eigenvalue weighted by atomic mass is 35.5. The molecule has 1 N–H and O–H groups in total. The van der Waals surface area contributed by atoms with Crippen LogP contribution in [-0.2, 0) is 11.0 Å². The van der Waals surface area contributed by atoms with Crippen LogP contribution in [0.5, 0.6) is 0 Å². The third-order valence-corrected chi connectivity index (χ3v) is 6.15. The second-order valence-electron chi connectivity index (χ2n) is 7.50. The zero-order chi connectivity index (χ0) is 23.4. The Morgan fingerprint density at radius 1 is 1.12 bits per heavy atom. The Balaban J connectivity index is 1.45. The van der Waals surface area contributed by atoms with Crippen molar-refractivity contribution in [3.8, 4) is 11.5 Å². The van der Waals surface area contributed by atoms with Crippen LogP contribution >= 0.6 is 23.4 Å². The van der Waals surface area contributed by atoms with Gasteiger partial charge in [-0.05, 0) is 55.7 Å². The van der Waals surface area contributed by atoms with E-state index in [1.807, 2.05) is 4.90 Å². The molecule has 2 heterocycles.